The average Bonchev–Trinajstić information content (AvgIpc) is 2.32. The number of nitrogens with two attached hydrogens (primary N) is 1. The van der Waals surface area contributed by atoms with Crippen molar-refractivity contribution in [2.24, 2.45) is 5.73 Å². The Hall–Kier alpha value is -0.420. The van der Waals surface area contributed by atoms with Crippen LogP contribution in [-0.4, -0.2) is 26.6 Å². The lowest BCUT2D eigenvalue weighted by atomic mass is 9.60. The quantitative estimate of drug-likeness (QED) is 0.869. The summed E-state index contributed by atoms with van der Waals surface area (Å²) < 4.78 is 12.0. The van der Waals surface area contributed by atoms with E-state index in [0.717, 1.165) is 17.3 Å². The van der Waals surface area contributed by atoms with Crippen LogP contribution in [0.3, 0.4) is 0 Å². The molecular weight excluding hydrogens is 282 g/mol. The summed E-state index contributed by atoms with van der Waals surface area (Å²) in [6, 6.07) is 8.33. The van der Waals surface area contributed by atoms with Crippen LogP contribution in [0.5, 0.6) is 0 Å². The van der Waals surface area contributed by atoms with E-state index in [1.807, 2.05) is 12.1 Å². The Kier molecular flexibility index (Phi) is 3.59. The van der Waals surface area contributed by atoms with E-state index < -0.39 is 5.79 Å². The first-order valence-corrected chi connectivity index (χ1v) is 6.45. The van der Waals surface area contributed by atoms with E-state index in [9.17, 15) is 0 Å². The fraction of sp³-hybridized carbons (Fsp3) is 0.538. The van der Waals surface area contributed by atoms with E-state index in [1.165, 1.54) is 5.56 Å². The standard InChI is InChI=1S/C13H18BrNO2/c1-16-13(17-2)7-12(8-13,9-15)10-3-5-11(14)6-4-10/h3-6H,7-9,15H2,1-2H3. The van der Waals surface area contributed by atoms with Crippen LogP contribution in [0.4, 0.5) is 0 Å². The molecule has 0 saturated heterocycles. The number of rotatable bonds is 4. The van der Waals surface area contributed by atoms with Crippen molar-refractivity contribution in [1.29, 1.82) is 0 Å². The monoisotopic (exact) mass is 299 g/mol. The van der Waals surface area contributed by atoms with Gasteiger partial charge in [0.05, 0.1) is 0 Å². The topological polar surface area (TPSA) is 44.5 Å². The van der Waals surface area contributed by atoms with Crippen LogP contribution in [0, 0.1) is 0 Å². The molecular formula is C13H18BrNO2. The van der Waals surface area contributed by atoms with Gasteiger partial charge in [0.15, 0.2) is 5.79 Å². The molecule has 1 aliphatic rings. The maximum atomic E-state index is 5.95. The van der Waals surface area contributed by atoms with Gasteiger partial charge in [-0.15, -0.1) is 0 Å². The van der Waals surface area contributed by atoms with Crippen molar-refractivity contribution in [3.63, 3.8) is 0 Å². The fourth-order valence-corrected chi connectivity index (χ4v) is 2.89. The van der Waals surface area contributed by atoms with E-state index in [0.29, 0.717) is 6.54 Å². The molecule has 1 saturated carbocycles. The van der Waals surface area contributed by atoms with Gasteiger partial charge in [-0.1, -0.05) is 28.1 Å². The zero-order valence-electron chi connectivity index (χ0n) is 10.2. The van der Waals surface area contributed by atoms with Crippen molar-refractivity contribution < 1.29 is 9.47 Å². The third-order valence-corrected chi connectivity index (χ3v) is 4.34. The van der Waals surface area contributed by atoms with E-state index >= 15 is 0 Å². The lowest BCUT2D eigenvalue weighted by Gasteiger charge is -2.54. The third kappa shape index (κ3) is 2.15. The minimum atomic E-state index is -0.452. The Balaban J connectivity index is 2.22. The minimum Gasteiger partial charge on any atom is -0.353 e. The fourth-order valence-electron chi connectivity index (χ4n) is 2.62. The predicted molar refractivity (Wildman–Crippen MR) is 70.9 cm³/mol. The molecule has 1 aromatic rings. The van der Waals surface area contributed by atoms with Gasteiger partial charge in [0.25, 0.3) is 0 Å². The molecule has 2 N–H and O–H groups in total. The highest BCUT2D eigenvalue weighted by Crippen LogP contribution is 2.51. The zero-order chi connectivity index (χ0) is 12.5. The summed E-state index contributed by atoms with van der Waals surface area (Å²) in [7, 11) is 3.37. The SMILES string of the molecule is COC1(OC)CC(CN)(c2ccc(Br)cc2)C1. The van der Waals surface area contributed by atoms with Gasteiger partial charge in [0, 0.05) is 43.5 Å². The molecule has 3 nitrogen and oxygen atoms in total. The van der Waals surface area contributed by atoms with Crippen molar-refractivity contribution >= 4 is 15.9 Å². The normalized spacial score (nSPS) is 20.9. The average molecular weight is 300 g/mol. The highest BCUT2D eigenvalue weighted by molar-refractivity contribution is 9.10. The van der Waals surface area contributed by atoms with Crippen LogP contribution in [0.1, 0.15) is 18.4 Å². The molecule has 0 heterocycles. The first-order chi connectivity index (χ1) is 8.10. The molecule has 94 valence electrons. The number of hydrogen-bond acceptors (Lipinski definition) is 3. The molecule has 1 aliphatic carbocycles. The molecule has 1 fully saturated rings. The summed E-state index contributed by atoms with van der Waals surface area (Å²) in [6.45, 7) is 0.614. The second-order valence-electron chi connectivity index (χ2n) is 4.66. The molecule has 17 heavy (non-hydrogen) atoms. The minimum absolute atomic E-state index is 0.00722. The summed E-state index contributed by atoms with van der Waals surface area (Å²) in [6.07, 6.45) is 1.62. The maximum absolute atomic E-state index is 5.95. The molecule has 0 bridgehead atoms. The van der Waals surface area contributed by atoms with E-state index in [1.54, 1.807) is 14.2 Å². The Morgan fingerprint density at radius 3 is 2.12 bits per heavy atom. The van der Waals surface area contributed by atoms with Gasteiger partial charge in [0.1, 0.15) is 0 Å². The zero-order valence-corrected chi connectivity index (χ0v) is 11.8. The van der Waals surface area contributed by atoms with Gasteiger partial charge in [-0.05, 0) is 17.7 Å². The van der Waals surface area contributed by atoms with Crippen molar-refractivity contribution in [3.05, 3.63) is 34.3 Å². The Morgan fingerprint density at radius 1 is 1.18 bits per heavy atom. The van der Waals surface area contributed by atoms with Crippen LogP contribution in [0.25, 0.3) is 0 Å². The number of ether oxygens (including phenoxy) is 2. The number of methoxy groups -OCH3 is 2. The Morgan fingerprint density at radius 2 is 1.71 bits per heavy atom. The van der Waals surface area contributed by atoms with Crippen molar-refractivity contribution in [3.8, 4) is 0 Å². The molecule has 0 radical (unpaired) electrons. The van der Waals surface area contributed by atoms with Gasteiger partial charge in [0.2, 0.25) is 0 Å². The van der Waals surface area contributed by atoms with Gasteiger partial charge in [-0.3, -0.25) is 0 Å². The molecule has 4 heteroatoms. The van der Waals surface area contributed by atoms with E-state index in [2.05, 4.69) is 28.1 Å². The first kappa shape index (κ1) is 13.0. The van der Waals surface area contributed by atoms with Crippen LogP contribution in [-0.2, 0) is 14.9 Å². The molecule has 0 amide bonds. The summed E-state index contributed by atoms with van der Waals surface area (Å²) in [5.41, 5.74) is 7.20. The third-order valence-electron chi connectivity index (χ3n) is 3.81. The first-order valence-electron chi connectivity index (χ1n) is 5.66. The van der Waals surface area contributed by atoms with Crippen molar-refractivity contribution in [2.45, 2.75) is 24.0 Å². The predicted octanol–water partition coefficient (Wildman–Crippen LogP) is 2.43. The number of hydrogen-bond donors (Lipinski definition) is 1. The summed E-state index contributed by atoms with van der Waals surface area (Å²) >= 11 is 3.44. The highest BCUT2D eigenvalue weighted by Gasteiger charge is 2.55. The number of halogens is 1. The molecule has 0 aromatic heterocycles. The van der Waals surface area contributed by atoms with Gasteiger partial charge < -0.3 is 15.2 Å². The lowest BCUT2D eigenvalue weighted by Crippen LogP contribution is -2.60. The summed E-state index contributed by atoms with van der Waals surface area (Å²) in [5.74, 6) is -0.452. The Labute approximate surface area is 110 Å². The second kappa shape index (κ2) is 4.69. The van der Waals surface area contributed by atoms with E-state index in [-0.39, 0.29) is 5.41 Å². The van der Waals surface area contributed by atoms with Crippen LogP contribution >= 0.6 is 15.9 Å². The molecule has 0 unspecified atom stereocenters. The lowest BCUT2D eigenvalue weighted by molar-refractivity contribution is -0.277. The van der Waals surface area contributed by atoms with Gasteiger partial charge in [-0.25, -0.2) is 0 Å². The summed E-state index contributed by atoms with van der Waals surface area (Å²) in [4.78, 5) is 0. The number of benzene rings is 1. The van der Waals surface area contributed by atoms with E-state index in [4.69, 9.17) is 15.2 Å². The smallest absolute Gasteiger partial charge is 0.169 e. The summed E-state index contributed by atoms with van der Waals surface area (Å²) in [5, 5.41) is 0. The highest BCUT2D eigenvalue weighted by atomic mass is 79.9. The molecule has 1 aromatic carbocycles. The molecule has 0 spiro atoms. The van der Waals surface area contributed by atoms with Crippen LogP contribution < -0.4 is 5.73 Å². The van der Waals surface area contributed by atoms with Gasteiger partial charge in [-0.2, -0.15) is 0 Å². The Bertz CT molecular complexity index is 379. The largest absolute Gasteiger partial charge is 0.353 e. The van der Waals surface area contributed by atoms with Crippen molar-refractivity contribution in [1.82, 2.24) is 0 Å². The van der Waals surface area contributed by atoms with Crippen LogP contribution in [0.2, 0.25) is 0 Å². The van der Waals surface area contributed by atoms with Crippen molar-refractivity contribution in [2.75, 3.05) is 20.8 Å². The maximum Gasteiger partial charge on any atom is 0.169 e. The van der Waals surface area contributed by atoms with Gasteiger partial charge >= 0.3 is 0 Å². The molecule has 0 aliphatic heterocycles. The molecule has 2 rings (SSSR count). The second-order valence-corrected chi connectivity index (χ2v) is 5.58. The molecule has 0 atom stereocenters. The van der Waals surface area contributed by atoms with Crippen LogP contribution in [0.15, 0.2) is 28.7 Å².